The first-order valence-corrected chi connectivity index (χ1v) is 11.6. The second kappa shape index (κ2) is 11.2. The molecule has 1 amide bonds. The van der Waals surface area contributed by atoms with E-state index in [9.17, 15) is 9.18 Å². The summed E-state index contributed by atoms with van der Waals surface area (Å²) in [6.45, 7) is 3.29. The van der Waals surface area contributed by atoms with E-state index in [1.54, 1.807) is 23.9 Å². The number of nitrogens with one attached hydrogen (secondary N) is 1. The summed E-state index contributed by atoms with van der Waals surface area (Å²) in [5, 5.41) is 7.73. The molecule has 1 aromatic heterocycles. The zero-order valence-corrected chi connectivity index (χ0v) is 19.6. The summed E-state index contributed by atoms with van der Waals surface area (Å²) in [6.07, 6.45) is 3.50. The van der Waals surface area contributed by atoms with E-state index >= 15 is 0 Å². The Bertz CT molecular complexity index is 1110. The SMILES string of the molecule is CCc1nn(-c2ccc(OC)cc2)c(Oc2cccc(F)c2)c1CCC(=O)NC[C@@H]1CCCO1. The Morgan fingerprint density at radius 3 is 2.74 bits per heavy atom. The smallest absolute Gasteiger partial charge is 0.226 e. The van der Waals surface area contributed by atoms with Crippen LogP contribution < -0.4 is 14.8 Å². The van der Waals surface area contributed by atoms with Crippen LogP contribution in [0.1, 0.15) is 37.4 Å². The summed E-state index contributed by atoms with van der Waals surface area (Å²) in [6, 6.07) is 13.4. The van der Waals surface area contributed by atoms with E-state index in [1.165, 1.54) is 12.1 Å². The average molecular weight is 468 g/mol. The summed E-state index contributed by atoms with van der Waals surface area (Å²) >= 11 is 0. The molecule has 0 aliphatic carbocycles. The predicted octanol–water partition coefficient (Wildman–Crippen LogP) is 4.60. The van der Waals surface area contributed by atoms with Crippen molar-refractivity contribution in [2.45, 2.75) is 45.1 Å². The van der Waals surface area contributed by atoms with Crippen LogP contribution in [-0.4, -0.2) is 42.1 Å². The molecule has 0 bridgehead atoms. The van der Waals surface area contributed by atoms with Crippen LogP contribution in [0.3, 0.4) is 0 Å². The number of aromatic nitrogens is 2. The maximum Gasteiger partial charge on any atom is 0.226 e. The van der Waals surface area contributed by atoms with Crippen LogP contribution in [0.5, 0.6) is 17.4 Å². The van der Waals surface area contributed by atoms with Gasteiger partial charge in [-0.1, -0.05) is 13.0 Å². The van der Waals surface area contributed by atoms with Crippen molar-refractivity contribution in [1.29, 1.82) is 0 Å². The number of hydrogen-bond acceptors (Lipinski definition) is 5. The van der Waals surface area contributed by atoms with Gasteiger partial charge in [-0.2, -0.15) is 5.10 Å². The number of aryl methyl sites for hydroxylation is 1. The fraction of sp³-hybridized carbons (Fsp3) is 0.385. The molecule has 34 heavy (non-hydrogen) atoms. The van der Waals surface area contributed by atoms with Crippen LogP contribution in [-0.2, 0) is 22.4 Å². The summed E-state index contributed by atoms with van der Waals surface area (Å²) in [5.41, 5.74) is 2.43. The number of carbonyl (C=O) groups excluding carboxylic acids is 1. The van der Waals surface area contributed by atoms with Gasteiger partial charge in [0, 0.05) is 31.2 Å². The number of rotatable bonds is 10. The van der Waals surface area contributed by atoms with Crippen molar-refractivity contribution in [3.63, 3.8) is 0 Å². The highest BCUT2D eigenvalue weighted by Crippen LogP contribution is 2.33. The Morgan fingerprint density at radius 1 is 1.24 bits per heavy atom. The lowest BCUT2D eigenvalue weighted by Gasteiger charge is -2.13. The fourth-order valence-corrected chi connectivity index (χ4v) is 4.02. The van der Waals surface area contributed by atoms with Gasteiger partial charge in [-0.05, 0) is 62.1 Å². The second-order valence-corrected chi connectivity index (χ2v) is 8.19. The van der Waals surface area contributed by atoms with E-state index in [2.05, 4.69) is 5.32 Å². The normalized spacial score (nSPS) is 15.3. The van der Waals surface area contributed by atoms with Crippen LogP contribution in [0, 0.1) is 5.82 Å². The first kappa shape index (κ1) is 23.8. The molecule has 0 unspecified atom stereocenters. The molecule has 180 valence electrons. The standard InChI is InChI=1S/C26H30FN3O4/c1-3-24-23(13-14-25(31)28-17-22-8-5-15-33-22)26(34-21-7-4-6-18(27)16-21)30(29-24)19-9-11-20(32-2)12-10-19/h4,6-7,9-12,16,22H,3,5,8,13-15,17H2,1-2H3,(H,28,31)/t22-/m0/s1. The third kappa shape index (κ3) is 5.75. The number of nitrogens with zero attached hydrogens (tertiary/aromatic N) is 2. The van der Waals surface area contributed by atoms with Gasteiger partial charge in [-0.3, -0.25) is 4.79 Å². The van der Waals surface area contributed by atoms with E-state index in [0.717, 1.165) is 42.1 Å². The van der Waals surface area contributed by atoms with Crippen molar-refractivity contribution in [2.75, 3.05) is 20.3 Å². The zero-order chi connectivity index (χ0) is 23.9. The van der Waals surface area contributed by atoms with Crippen LogP contribution in [0.4, 0.5) is 4.39 Å². The topological polar surface area (TPSA) is 74.6 Å². The molecule has 1 atom stereocenters. The number of amides is 1. The molecule has 4 rings (SSSR count). The Labute approximate surface area is 198 Å². The third-order valence-electron chi connectivity index (χ3n) is 5.84. The second-order valence-electron chi connectivity index (χ2n) is 8.19. The highest BCUT2D eigenvalue weighted by molar-refractivity contribution is 5.76. The number of carbonyl (C=O) groups is 1. The van der Waals surface area contributed by atoms with Crippen LogP contribution in [0.15, 0.2) is 48.5 Å². The van der Waals surface area contributed by atoms with Crippen molar-refractivity contribution < 1.29 is 23.4 Å². The molecule has 1 saturated heterocycles. The van der Waals surface area contributed by atoms with Gasteiger partial charge in [0.1, 0.15) is 17.3 Å². The number of halogens is 1. The van der Waals surface area contributed by atoms with Gasteiger partial charge in [0.25, 0.3) is 0 Å². The molecule has 1 N–H and O–H groups in total. The predicted molar refractivity (Wildman–Crippen MR) is 126 cm³/mol. The van der Waals surface area contributed by atoms with Crippen molar-refractivity contribution in [2.24, 2.45) is 0 Å². The van der Waals surface area contributed by atoms with E-state index in [0.29, 0.717) is 31.0 Å². The highest BCUT2D eigenvalue weighted by atomic mass is 19.1. The summed E-state index contributed by atoms with van der Waals surface area (Å²) in [7, 11) is 1.61. The first-order valence-electron chi connectivity index (χ1n) is 11.6. The van der Waals surface area contributed by atoms with Gasteiger partial charge in [0.05, 0.1) is 24.6 Å². The highest BCUT2D eigenvalue weighted by Gasteiger charge is 2.22. The molecule has 0 saturated carbocycles. The average Bonchev–Trinajstić information content (AvgIpc) is 3.49. The monoisotopic (exact) mass is 467 g/mol. The molecule has 2 heterocycles. The van der Waals surface area contributed by atoms with Gasteiger partial charge >= 0.3 is 0 Å². The minimum absolute atomic E-state index is 0.0496. The molecule has 1 fully saturated rings. The van der Waals surface area contributed by atoms with Crippen LogP contribution in [0.25, 0.3) is 5.69 Å². The summed E-state index contributed by atoms with van der Waals surface area (Å²) in [4.78, 5) is 12.5. The van der Waals surface area contributed by atoms with Crippen LogP contribution in [0.2, 0.25) is 0 Å². The molecule has 0 spiro atoms. The van der Waals surface area contributed by atoms with Gasteiger partial charge in [-0.25, -0.2) is 9.07 Å². The third-order valence-corrected chi connectivity index (χ3v) is 5.84. The van der Waals surface area contributed by atoms with Crippen molar-refractivity contribution >= 4 is 5.91 Å². The van der Waals surface area contributed by atoms with Gasteiger partial charge in [0.15, 0.2) is 0 Å². The van der Waals surface area contributed by atoms with Gasteiger partial charge < -0.3 is 19.5 Å². The molecular weight excluding hydrogens is 437 g/mol. The molecule has 2 aromatic carbocycles. The summed E-state index contributed by atoms with van der Waals surface area (Å²) in [5.74, 6) is 1.12. The zero-order valence-electron chi connectivity index (χ0n) is 19.6. The minimum atomic E-state index is -0.390. The molecule has 1 aliphatic heterocycles. The largest absolute Gasteiger partial charge is 0.497 e. The molecule has 3 aromatic rings. The lowest BCUT2D eigenvalue weighted by atomic mass is 10.1. The Kier molecular flexibility index (Phi) is 7.80. The fourth-order valence-electron chi connectivity index (χ4n) is 4.02. The Morgan fingerprint density at radius 2 is 2.06 bits per heavy atom. The molecule has 8 heteroatoms. The van der Waals surface area contributed by atoms with Crippen LogP contribution >= 0.6 is 0 Å². The molecular formula is C26H30FN3O4. The van der Waals surface area contributed by atoms with Crippen molar-refractivity contribution in [3.05, 3.63) is 65.6 Å². The maximum atomic E-state index is 13.8. The van der Waals surface area contributed by atoms with Gasteiger partial charge in [-0.15, -0.1) is 0 Å². The molecule has 1 aliphatic rings. The Balaban J connectivity index is 1.60. The first-order chi connectivity index (χ1) is 16.6. The maximum absolute atomic E-state index is 13.8. The quantitative estimate of drug-likeness (QED) is 0.472. The Hall–Kier alpha value is -3.39. The number of hydrogen-bond donors (Lipinski definition) is 1. The van der Waals surface area contributed by atoms with E-state index < -0.39 is 5.82 Å². The van der Waals surface area contributed by atoms with E-state index in [-0.39, 0.29) is 18.4 Å². The van der Waals surface area contributed by atoms with Crippen molar-refractivity contribution in [1.82, 2.24) is 15.1 Å². The molecule has 0 radical (unpaired) electrons. The van der Waals surface area contributed by atoms with E-state index in [4.69, 9.17) is 19.3 Å². The minimum Gasteiger partial charge on any atom is -0.497 e. The van der Waals surface area contributed by atoms with Crippen molar-refractivity contribution in [3.8, 4) is 23.1 Å². The number of methoxy groups -OCH3 is 1. The lowest BCUT2D eigenvalue weighted by molar-refractivity contribution is -0.121. The summed E-state index contributed by atoms with van der Waals surface area (Å²) < 4.78 is 32.5. The van der Waals surface area contributed by atoms with Gasteiger partial charge in [0.2, 0.25) is 11.8 Å². The number of ether oxygens (including phenoxy) is 3. The molecule has 7 nitrogen and oxygen atoms in total. The van der Waals surface area contributed by atoms with E-state index in [1.807, 2.05) is 31.2 Å². The lowest BCUT2D eigenvalue weighted by Crippen LogP contribution is -2.31. The number of benzene rings is 2.